The zero-order valence-electron chi connectivity index (χ0n) is 7.57. The summed E-state index contributed by atoms with van der Waals surface area (Å²) in [5.41, 5.74) is 1.37. The van der Waals surface area contributed by atoms with E-state index in [9.17, 15) is 10.2 Å². The molecule has 0 bridgehead atoms. The summed E-state index contributed by atoms with van der Waals surface area (Å²) in [6, 6.07) is 3.16. The van der Waals surface area contributed by atoms with Crippen LogP contribution in [0.15, 0.2) is 31.1 Å². The molecule has 0 aliphatic heterocycles. The maximum absolute atomic E-state index is 9.63. The van der Waals surface area contributed by atoms with E-state index in [0.717, 1.165) is 5.52 Å². The molecule has 4 nitrogen and oxygen atoms in total. The van der Waals surface area contributed by atoms with E-state index in [0.29, 0.717) is 12.1 Å². The molecule has 0 radical (unpaired) electrons. The van der Waals surface area contributed by atoms with Gasteiger partial charge in [0.05, 0.1) is 0 Å². The second-order valence-electron chi connectivity index (χ2n) is 3.04. The first-order chi connectivity index (χ1) is 6.74. The molecule has 3 N–H and O–H groups in total. The number of nitrogens with one attached hydrogen (secondary N) is 1. The van der Waals surface area contributed by atoms with E-state index in [1.165, 1.54) is 6.07 Å². The minimum Gasteiger partial charge on any atom is -0.504 e. The van der Waals surface area contributed by atoms with E-state index in [1.807, 2.05) is 0 Å². The van der Waals surface area contributed by atoms with Crippen LogP contribution < -0.4 is 4.57 Å². The smallest absolute Gasteiger partial charge is 0.242 e. The SMILES string of the molecule is C=CC[n+]1c[nH]c2ccc(O)c(O)c21. The maximum Gasteiger partial charge on any atom is 0.242 e. The van der Waals surface area contributed by atoms with Crippen molar-refractivity contribution in [3.8, 4) is 11.5 Å². The minimum absolute atomic E-state index is 0.106. The van der Waals surface area contributed by atoms with Crippen LogP contribution in [0.25, 0.3) is 11.0 Å². The van der Waals surface area contributed by atoms with Gasteiger partial charge in [-0.25, -0.2) is 9.55 Å². The third-order valence-corrected chi connectivity index (χ3v) is 2.12. The van der Waals surface area contributed by atoms with Crippen LogP contribution in [-0.4, -0.2) is 15.2 Å². The van der Waals surface area contributed by atoms with Crippen LogP contribution in [0, 0.1) is 0 Å². The second kappa shape index (κ2) is 3.06. The van der Waals surface area contributed by atoms with E-state index in [1.54, 1.807) is 23.0 Å². The van der Waals surface area contributed by atoms with Gasteiger partial charge in [0, 0.05) is 0 Å². The van der Waals surface area contributed by atoms with E-state index in [-0.39, 0.29) is 11.5 Å². The van der Waals surface area contributed by atoms with Crippen molar-refractivity contribution in [1.29, 1.82) is 0 Å². The number of aromatic hydroxyl groups is 2. The Kier molecular flexibility index (Phi) is 1.89. The highest BCUT2D eigenvalue weighted by molar-refractivity contribution is 5.80. The second-order valence-corrected chi connectivity index (χ2v) is 3.04. The van der Waals surface area contributed by atoms with Crippen molar-refractivity contribution in [1.82, 2.24) is 4.98 Å². The summed E-state index contributed by atoms with van der Waals surface area (Å²) in [7, 11) is 0. The van der Waals surface area contributed by atoms with Crippen molar-refractivity contribution in [3.05, 3.63) is 31.1 Å². The summed E-state index contributed by atoms with van der Waals surface area (Å²) in [6.07, 6.45) is 3.45. The average Bonchev–Trinajstić information content (AvgIpc) is 2.57. The first kappa shape index (κ1) is 8.62. The standard InChI is InChI=1S/C10H10N2O2/c1-2-5-12-6-11-7-3-4-8(13)10(14)9(7)12/h2-4,6,13-14H,1,5H2/p+1. The first-order valence-electron chi connectivity index (χ1n) is 4.26. The lowest BCUT2D eigenvalue weighted by Crippen LogP contribution is -2.30. The summed E-state index contributed by atoms with van der Waals surface area (Å²) < 4.78 is 1.78. The molecule has 0 amide bonds. The lowest BCUT2D eigenvalue weighted by Gasteiger charge is -1.97. The van der Waals surface area contributed by atoms with Crippen molar-refractivity contribution in [2.45, 2.75) is 6.54 Å². The van der Waals surface area contributed by atoms with E-state index >= 15 is 0 Å². The molecule has 14 heavy (non-hydrogen) atoms. The Morgan fingerprint density at radius 1 is 1.43 bits per heavy atom. The molecule has 0 atom stereocenters. The maximum atomic E-state index is 9.63. The number of phenolic OH excluding ortho intramolecular Hbond substituents is 2. The number of phenols is 2. The van der Waals surface area contributed by atoms with E-state index < -0.39 is 0 Å². The van der Waals surface area contributed by atoms with Crippen LogP contribution in [0.2, 0.25) is 0 Å². The number of aromatic amines is 1. The van der Waals surface area contributed by atoms with Gasteiger partial charge >= 0.3 is 0 Å². The number of hydrogen-bond acceptors (Lipinski definition) is 2. The van der Waals surface area contributed by atoms with Crippen molar-refractivity contribution in [3.63, 3.8) is 0 Å². The lowest BCUT2D eigenvalue weighted by molar-refractivity contribution is -0.660. The Morgan fingerprint density at radius 2 is 2.21 bits per heavy atom. The van der Waals surface area contributed by atoms with E-state index in [2.05, 4.69) is 11.6 Å². The summed E-state index contributed by atoms with van der Waals surface area (Å²) >= 11 is 0. The summed E-state index contributed by atoms with van der Waals surface area (Å²) in [5.74, 6) is -0.222. The zero-order valence-corrected chi connectivity index (χ0v) is 7.57. The number of fused-ring (bicyclic) bond motifs is 1. The highest BCUT2D eigenvalue weighted by Crippen LogP contribution is 2.30. The van der Waals surface area contributed by atoms with Gasteiger partial charge in [0.2, 0.25) is 17.6 Å². The van der Waals surface area contributed by atoms with Crippen LogP contribution in [0.4, 0.5) is 0 Å². The molecule has 0 saturated heterocycles. The molecule has 4 heteroatoms. The van der Waals surface area contributed by atoms with Crippen LogP contribution in [0.3, 0.4) is 0 Å². The molecule has 0 aliphatic carbocycles. The van der Waals surface area contributed by atoms with Gasteiger partial charge in [-0.2, -0.15) is 0 Å². The molecule has 0 unspecified atom stereocenters. The molecular weight excluding hydrogens is 180 g/mol. The Labute approximate surface area is 80.7 Å². The number of imidazole rings is 1. The minimum atomic E-state index is -0.116. The Balaban J connectivity index is 2.75. The Bertz CT molecular complexity index is 488. The monoisotopic (exact) mass is 191 g/mol. The number of H-pyrrole nitrogens is 1. The molecule has 0 saturated carbocycles. The van der Waals surface area contributed by atoms with Crippen LogP contribution in [0.1, 0.15) is 0 Å². The van der Waals surface area contributed by atoms with Crippen molar-refractivity contribution in [2.75, 3.05) is 0 Å². The molecule has 2 aromatic rings. The van der Waals surface area contributed by atoms with Gasteiger partial charge < -0.3 is 10.2 Å². The summed E-state index contributed by atoms with van der Waals surface area (Å²) in [6.45, 7) is 4.20. The molecule has 0 fully saturated rings. The highest BCUT2D eigenvalue weighted by Gasteiger charge is 2.15. The van der Waals surface area contributed by atoms with Gasteiger partial charge in [0.25, 0.3) is 0 Å². The van der Waals surface area contributed by atoms with Gasteiger partial charge in [0.1, 0.15) is 6.54 Å². The molecule has 0 aliphatic rings. The number of rotatable bonds is 2. The molecule has 1 aromatic heterocycles. The van der Waals surface area contributed by atoms with Crippen molar-refractivity contribution < 1.29 is 14.8 Å². The fraction of sp³-hybridized carbons (Fsp3) is 0.100. The third-order valence-electron chi connectivity index (χ3n) is 2.12. The fourth-order valence-electron chi connectivity index (χ4n) is 1.47. The van der Waals surface area contributed by atoms with Gasteiger partial charge in [-0.1, -0.05) is 12.7 Å². The highest BCUT2D eigenvalue weighted by atomic mass is 16.3. The van der Waals surface area contributed by atoms with Gasteiger partial charge in [-0.15, -0.1) is 0 Å². The summed E-state index contributed by atoms with van der Waals surface area (Å²) in [5, 5.41) is 19.0. The van der Waals surface area contributed by atoms with Crippen LogP contribution in [-0.2, 0) is 6.54 Å². The van der Waals surface area contributed by atoms with Crippen molar-refractivity contribution in [2.24, 2.45) is 0 Å². The predicted octanol–water partition coefficient (Wildman–Crippen LogP) is 1.05. The number of allylic oxidation sites excluding steroid dienone is 1. The normalized spacial score (nSPS) is 10.6. The van der Waals surface area contributed by atoms with Gasteiger partial charge in [-0.3, -0.25) is 0 Å². The number of nitrogens with zero attached hydrogens (tertiary/aromatic N) is 1. The zero-order chi connectivity index (χ0) is 10.1. The fourth-order valence-corrected chi connectivity index (χ4v) is 1.47. The molecule has 0 spiro atoms. The summed E-state index contributed by atoms with van der Waals surface area (Å²) in [4.78, 5) is 2.99. The molecule has 1 aromatic carbocycles. The number of aromatic nitrogens is 2. The number of hydrogen-bond donors (Lipinski definition) is 3. The molecular formula is C10H11N2O2+. The largest absolute Gasteiger partial charge is 0.504 e. The Morgan fingerprint density at radius 3 is 2.93 bits per heavy atom. The molecule has 72 valence electrons. The van der Waals surface area contributed by atoms with E-state index in [4.69, 9.17) is 0 Å². The topological polar surface area (TPSA) is 60.1 Å². The van der Waals surface area contributed by atoms with Crippen LogP contribution in [0.5, 0.6) is 11.5 Å². The molecule has 1 heterocycles. The third kappa shape index (κ3) is 1.12. The van der Waals surface area contributed by atoms with Gasteiger partial charge in [0.15, 0.2) is 11.3 Å². The Hall–Kier alpha value is -1.97. The van der Waals surface area contributed by atoms with Gasteiger partial charge in [-0.05, 0) is 12.1 Å². The first-order valence-corrected chi connectivity index (χ1v) is 4.26. The quantitative estimate of drug-likeness (QED) is 0.377. The average molecular weight is 191 g/mol. The predicted molar refractivity (Wildman–Crippen MR) is 52.0 cm³/mol. The number of benzene rings is 1. The lowest BCUT2D eigenvalue weighted by atomic mass is 10.2. The van der Waals surface area contributed by atoms with Crippen molar-refractivity contribution >= 4 is 11.0 Å². The van der Waals surface area contributed by atoms with Crippen LogP contribution >= 0.6 is 0 Å². The molecule has 2 rings (SSSR count).